The lowest BCUT2D eigenvalue weighted by atomic mass is 10.2. The van der Waals surface area contributed by atoms with E-state index >= 15 is 0 Å². The van der Waals surface area contributed by atoms with Crippen molar-refractivity contribution in [2.45, 2.75) is 13.3 Å². The minimum Gasteiger partial charge on any atom is -0.0959 e. The fourth-order valence-corrected chi connectivity index (χ4v) is 0.285. The lowest BCUT2D eigenvalue weighted by Crippen LogP contribution is -1.65. The monoisotopic (exact) mass is 95.1 g/mol. The van der Waals surface area contributed by atoms with E-state index in [-0.39, 0.29) is 0 Å². The van der Waals surface area contributed by atoms with Crippen LogP contribution in [-0.2, 0) is 0 Å². The van der Waals surface area contributed by atoms with E-state index in [0.29, 0.717) is 0 Å². The average molecular weight is 95.2 g/mol. The summed E-state index contributed by atoms with van der Waals surface area (Å²) < 4.78 is 0. The highest BCUT2D eigenvalue weighted by molar-refractivity contribution is 5.13. The number of rotatable bonds is 2. The lowest BCUT2D eigenvalue weighted by molar-refractivity contribution is 1.16. The fourth-order valence-electron chi connectivity index (χ4n) is 0.285. The molecule has 0 N–H and O–H groups in total. The summed E-state index contributed by atoms with van der Waals surface area (Å²) in [6.45, 7) is 9.34. The third-order valence-corrected chi connectivity index (χ3v) is 0.808. The van der Waals surface area contributed by atoms with Crippen molar-refractivity contribution in [3.63, 3.8) is 0 Å². The molecule has 0 nitrogen and oxygen atoms in total. The fraction of sp³-hybridized carbons (Fsp3) is 0.286. The summed E-state index contributed by atoms with van der Waals surface area (Å²) in [4.78, 5) is 0. The Morgan fingerprint density at radius 1 is 1.71 bits per heavy atom. The van der Waals surface area contributed by atoms with Gasteiger partial charge < -0.3 is 0 Å². The van der Waals surface area contributed by atoms with E-state index in [9.17, 15) is 0 Å². The van der Waals surface area contributed by atoms with Crippen LogP contribution in [0.1, 0.15) is 13.3 Å². The van der Waals surface area contributed by atoms with Gasteiger partial charge in [0.25, 0.3) is 0 Å². The van der Waals surface area contributed by atoms with Crippen molar-refractivity contribution < 1.29 is 0 Å². The molecule has 7 heavy (non-hydrogen) atoms. The second kappa shape index (κ2) is 3.66. The maximum Gasteiger partial charge on any atom is -0.0313 e. The molecule has 0 spiro atoms. The largest absolute Gasteiger partial charge is 0.0959 e. The number of hydrogen-bond acceptors (Lipinski definition) is 0. The van der Waals surface area contributed by atoms with Crippen LogP contribution in [0.5, 0.6) is 0 Å². The molecular weight excluding hydrogens is 84.1 g/mol. The van der Waals surface area contributed by atoms with E-state index < -0.39 is 0 Å². The van der Waals surface area contributed by atoms with Crippen LogP contribution in [0.4, 0.5) is 0 Å². The van der Waals surface area contributed by atoms with Crippen molar-refractivity contribution in [3.05, 3.63) is 31.2 Å². The molecule has 0 aromatic heterocycles. The third-order valence-electron chi connectivity index (χ3n) is 0.808. The van der Waals surface area contributed by atoms with Gasteiger partial charge in [-0.15, -0.1) is 0 Å². The quantitative estimate of drug-likeness (QED) is 0.462. The van der Waals surface area contributed by atoms with Crippen LogP contribution >= 0.6 is 0 Å². The van der Waals surface area contributed by atoms with Crippen LogP contribution in [0.15, 0.2) is 24.3 Å². The Bertz CT molecular complexity index is 78.0. The van der Waals surface area contributed by atoms with E-state index in [0.717, 1.165) is 12.0 Å². The molecule has 0 aliphatic carbocycles. The van der Waals surface area contributed by atoms with Gasteiger partial charge in [-0.25, -0.2) is 0 Å². The molecule has 0 aliphatic rings. The number of allylic oxidation sites excluding steroid dienone is 3. The zero-order valence-electron chi connectivity index (χ0n) is 4.78. The van der Waals surface area contributed by atoms with Crippen LogP contribution < -0.4 is 0 Å². The van der Waals surface area contributed by atoms with E-state index in [2.05, 4.69) is 20.4 Å². The molecular formula is C7H11. The summed E-state index contributed by atoms with van der Waals surface area (Å²) in [5.41, 5.74) is 1.13. The van der Waals surface area contributed by atoms with Gasteiger partial charge in [-0.05, 0) is 13.3 Å². The van der Waals surface area contributed by atoms with Gasteiger partial charge in [0.15, 0.2) is 0 Å². The van der Waals surface area contributed by atoms with Crippen molar-refractivity contribution in [1.82, 2.24) is 0 Å². The molecule has 0 saturated carbocycles. The van der Waals surface area contributed by atoms with Gasteiger partial charge in [-0.3, -0.25) is 0 Å². The first kappa shape index (κ1) is 6.48. The Morgan fingerprint density at radius 2 is 2.29 bits per heavy atom. The molecule has 0 saturated heterocycles. The normalized spacial score (nSPS) is 10.0. The third kappa shape index (κ3) is 3.31. The highest BCUT2D eigenvalue weighted by Crippen LogP contribution is 1.95. The minimum absolute atomic E-state index is 1.02. The summed E-state index contributed by atoms with van der Waals surface area (Å²) in [5.74, 6) is 0. The van der Waals surface area contributed by atoms with Crippen LogP contribution in [0, 0.1) is 6.92 Å². The summed E-state index contributed by atoms with van der Waals surface area (Å²) in [6, 6.07) is 0. The number of hydrogen-bond donors (Lipinski definition) is 0. The summed E-state index contributed by atoms with van der Waals surface area (Å²) in [6.07, 6.45) is 4.69. The minimum atomic E-state index is 1.02. The first-order chi connectivity index (χ1) is 3.31. The predicted octanol–water partition coefficient (Wildman–Crippen LogP) is 2.34. The van der Waals surface area contributed by atoms with E-state index in [1.54, 1.807) is 6.08 Å². The van der Waals surface area contributed by atoms with Crippen molar-refractivity contribution in [3.8, 4) is 0 Å². The van der Waals surface area contributed by atoms with E-state index in [1.807, 2.05) is 6.08 Å². The molecule has 0 fully saturated rings. The predicted molar refractivity (Wildman–Crippen MR) is 33.9 cm³/mol. The Hall–Kier alpha value is -0.520. The first-order valence-corrected chi connectivity index (χ1v) is 2.44. The van der Waals surface area contributed by atoms with Crippen molar-refractivity contribution >= 4 is 0 Å². The second-order valence-corrected chi connectivity index (χ2v) is 1.41. The zero-order chi connectivity index (χ0) is 5.70. The molecule has 0 heteroatoms. The summed E-state index contributed by atoms with van der Waals surface area (Å²) in [5, 5.41) is 0. The van der Waals surface area contributed by atoms with Gasteiger partial charge >= 0.3 is 0 Å². The Kier molecular flexibility index (Phi) is 3.39. The van der Waals surface area contributed by atoms with Gasteiger partial charge in [0.1, 0.15) is 0 Å². The molecule has 0 rings (SSSR count). The van der Waals surface area contributed by atoms with Crippen molar-refractivity contribution in [2.75, 3.05) is 0 Å². The SMILES string of the molecule is [CH2]C=CC(=C)CC. The standard InChI is InChI=1S/C7H11/c1-4-6-7(3)5-2/h4,6H,1,3,5H2,2H3. The smallest absolute Gasteiger partial charge is 0.0313 e. The molecule has 0 atom stereocenters. The van der Waals surface area contributed by atoms with Crippen LogP contribution in [0.25, 0.3) is 0 Å². The van der Waals surface area contributed by atoms with E-state index in [1.165, 1.54) is 0 Å². The zero-order valence-corrected chi connectivity index (χ0v) is 4.78. The maximum absolute atomic E-state index is 3.74. The van der Waals surface area contributed by atoms with Gasteiger partial charge in [-0.2, -0.15) is 0 Å². The molecule has 0 bridgehead atoms. The molecule has 0 unspecified atom stereocenters. The van der Waals surface area contributed by atoms with E-state index in [4.69, 9.17) is 0 Å². The molecule has 0 aliphatic heterocycles. The Morgan fingerprint density at radius 3 is 2.43 bits per heavy atom. The molecule has 0 amide bonds. The van der Waals surface area contributed by atoms with Gasteiger partial charge in [0.05, 0.1) is 0 Å². The second-order valence-electron chi connectivity index (χ2n) is 1.41. The van der Waals surface area contributed by atoms with Crippen molar-refractivity contribution in [2.24, 2.45) is 0 Å². The maximum atomic E-state index is 3.74. The highest BCUT2D eigenvalue weighted by atomic mass is 13.8. The molecule has 39 valence electrons. The van der Waals surface area contributed by atoms with Gasteiger partial charge in [-0.1, -0.05) is 31.2 Å². The Labute approximate surface area is 45.5 Å². The molecule has 0 heterocycles. The highest BCUT2D eigenvalue weighted by Gasteiger charge is 1.75. The van der Waals surface area contributed by atoms with Crippen LogP contribution in [0.2, 0.25) is 0 Å². The topological polar surface area (TPSA) is 0 Å². The average Bonchev–Trinajstić information content (AvgIpc) is 1.68. The molecule has 1 radical (unpaired) electrons. The van der Waals surface area contributed by atoms with Crippen molar-refractivity contribution in [1.29, 1.82) is 0 Å². The first-order valence-electron chi connectivity index (χ1n) is 2.44. The summed E-state index contributed by atoms with van der Waals surface area (Å²) >= 11 is 0. The van der Waals surface area contributed by atoms with Crippen LogP contribution in [0.3, 0.4) is 0 Å². The van der Waals surface area contributed by atoms with Gasteiger partial charge in [0.2, 0.25) is 0 Å². The van der Waals surface area contributed by atoms with Gasteiger partial charge in [0, 0.05) is 0 Å². The molecule has 0 aromatic rings. The lowest BCUT2D eigenvalue weighted by Gasteiger charge is -1.85. The van der Waals surface area contributed by atoms with Crippen LogP contribution in [-0.4, -0.2) is 0 Å². The molecule has 0 aromatic carbocycles. The Balaban J connectivity index is 3.37. The summed E-state index contributed by atoms with van der Waals surface area (Å²) in [7, 11) is 0.